The van der Waals surface area contributed by atoms with Crippen LogP contribution in [0.5, 0.6) is 0 Å². The van der Waals surface area contributed by atoms with Gasteiger partial charge in [-0.2, -0.15) is 0 Å². The van der Waals surface area contributed by atoms with Crippen LogP contribution in [0.25, 0.3) is 6.08 Å². The van der Waals surface area contributed by atoms with Crippen LogP contribution in [0.1, 0.15) is 49.8 Å². The molecule has 0 aromatic carbocycles. The monoisotopic (exact) mass is 446 g/mol. The molecule has 3 rings (SSSR count). The lowest BCUT2D eigenvalue weighted by molar-refractivity contribution is -0.149. The molecule has 0 unspecified atom stereocenters. The first-order chi connectivity index (χ1) is 15.5. The number of hydrogen-bond acceptors (Lipinski definition) is 7. The number of hydrogen-bond donors (Lipinski definition) is 4. The number of carboxylic acids is 1. The summed E-state index contributed by atoms with van der Waals surface area (Å²) in [5.74, 6) is -1.31. The van der Waals surface area contributed by atoms with Crippen molar-refractivity contribution < 1.29 is 24.6 Å². The third-order valence-corrected chi connectivity index (χ3v) is 6.58. The number of pyridine rings is 1. The number of nitrogens with zero attached hydrogens (tertiary/aromatic N) is 2. The highest BCUT2D eigenvalue weighted by Crippen LogP contribution is 2.36. The molecule has 176 valence electrons. The van der Waals surface area contributed by atoms with Crippen LogP contribution in [0.3, 0.4) is 0 Å². The van der Waals surface area contributed by atoms with E-state index in [0.717, 1.165) is 50.9 Å². The minimum absolute atomic E-state index is 0.0990. The molecule has 9 heteroatoms. The van der Waals surface area contributed by atoms with Crippen molar-refractivity contribution in [1.82, 2.24) is 20.7 Å². The van der Waals surface area contributed by atoms with Gasteiger partial charge in [0.15, 0.2) is 0 Å². The molecule has 1 saturated heterocycles. The van der Waals surface area contributed by atoms with Gasteiger partial charge in [-0.15, -0.1) is 0 Å². The fourth-order valence-corrected chi connectivity index (χ4v) is 4.65. The van der Waals surface area contributed by atoms with Gasteiger partial charge in [-0.1, -0.05) is 25.3 Å². The number of morpholine rings is 1. The maximum atomic E-state index is 12.7. The van der Waals surface area contributed by atoms with Crippen LogP contribution >= 0.6 is 0 Å². The summed E-state index contributed by atoms with van der Waals surface area (Å²) < 4.78 is 5.43. The van der Waals surface area contributed by atoms with E-state index in [4.69, 9.17) is 9.94 Å². The molecule has 0 spiro atoms. The van der Waals surface area contributed by atoms with Crippen molar-refractivity contribution in [1.29, 1.82) is 0 Å². The second-order valence-electron chi connectivity index (χ2n) is 8.57. The number of aromatic nitrogens is 1. The summed E-state index contributed by atoms with van der Waals surface area (Å²) in [6.07, 6.45) is 10.1. The Morgan fingerprint density at radius 2 is 1.97 bits per heavy atom. The van der Waals surface area contributed by atoms with E-state index in [2.05, 4.69) is 15.2 Å². The second-order valence-corrected chi connectivity index (χ2v) is 8.57. The number of carboxylic acid groups (broad SMARTS) is 1. The lowest BCUT2D eigenvalue weighted by Gasteiger charge is -2.41. The fraction of sp³-hybridized carbons (Fsp3) is 0.609. The third kappa shape index (κ3) is 6.59. The first-order valence-electron chi connectivity index (χ1n) is 11.4. The van der Waals surface area contributed by atoms with E-state index in [1.54, 1.807) is 12.3 Å². The van der Waals surface area contributed by atoms with Gasteiger partial charge in [-0.05, 0) is 42.9 Å². The van der Waals surface area contributed by atoms with Gasteiger partial charge in [0.2, 0.25) is 0 Å². The summed E-state index contributed by atoms with van der Waals surface area (Å²) in [5, 5.41) is 22.4. The number of ether oxygens (including phenoxy) is 1. The zero-order valence-corrected chi connectivity index (χ0v) is 18.5. The zero-order valence-electron chi connectivity index (χ0n) is 18.5. The number of rotatable bonds is 10. The highest BCUT2D eigenvalue weighted by atomic mass is 16.5. The smallest absolute Gasteiger partial charge is 0.324 e. The van der Waals surface area contributed by atoms with Gasteiger partial charge in [-0.25, -0.2) is 5.48 Å². The van der Waals surface area contributed by atoms with Gasteiger partial charge in [0.05, 0.1) is 18.9 Å². The number of carbonyl (C=O) groups excluding carboxylic acids is 1. The standard InChI is InChI=1S/C23H34N4O5/c28-21(26-31)9-8-20-7-6-18(16-24-20)17-25-23(22(29)30,19-4-2-1-3-5-19)10-11-27-12-14-32-15-13-27/h6-9,16,19,25,31H,1-5,10-15,17H2,(H,26,28)(H,29,30)/t23-/m0/s1. The van der Waals surface area contributed by atoms with Crippen LogP contribution in [0.2, 0.25) is 0 Å². The Morgan fingerprint density at radius 3 is 2.59 bits per heavy atom. The van der Waals surface area contributed by atoms with Crippen LogP contribution in [-0.2, 0) is 20.9 Å². The Hall–Kier alpha value is -2.33. The molecule has 0 radical (unpaired) electrons. The molecule has 2 heterocycles. The molecule has 1 aromatic rings. The Labute approximate surface area is 188 Å². The van der Waals surface area contributed by atoms with E-state index in [9.17, 15) is 14.7 Å². The number of nitrogens with one attached hydrogen (secondary N) is 2. The Balaban J connectivity index is 1.70. The van der Waals surface area contributed by atoms with E-state index in [1.807, 2.05) is 6.07 Å². The molecule has 32 heavy (non-hydrogen) atoms. The van der Waals surface area contributed by atoms with E-state index in [1.165, 1.54) is 24.1 Å². The lowest BCUT2D eigenvalue weighted by atomic mass is 9.72. The normalized spacial score (nSPS) is 20.2. The molecule has 2 aliphatic rings. The number of aliphatic carboxylic acids is 1. The van der Waals surface area contributed by atoms with Crippen LogP contribution in [0.15, 0.2) is 24.4 Å². The van der Waals surface area contributed by atoms with E-state index < -0.39 is 17.4 Å². The average molecular weight is 447 g/mol. The van der Waals surface area contributed by atoms with Crippen molar-refractivity contribution in [2.24, 2.45) is 5.92 Å². The molecular weight excluding hydrogens is 412 g/mol. The Bertz CT molecular complexity index is 773. The summed E-state index contributed by atoms with van der Waals surface area (Å²) in [7, 11) is 0. The van der Waals surface area contributed by atoms with Crippen molar-refractivity contribution in [2.45, 2.75) is 50.6 Å². The fourth-order valence-electron chi connectivity index (χ4n) is 4.65. The van der Waals surface area contributed by atoms with Crippen LogP contribution < -0.4 is 10.8 Å². The van der Waals surface area contributed by atoms with Gasteiger partial charge in [-0.3, -0.25) is 30.0 Å². The minimum Gasteiger partial charge on any atom is -0.480 e. The molecule has 0 bridgehead atoms. The van der Waals surface area contributed by atoms with Crippen molar-refractivity contribution >= 4 is 18.0 Å². The first-order valence-corrected chi connectivity index (χ1v) is 11.4. The molecule has 4 N–H and O–H groups in total. The minimum atomic E-state index is -0.976. The molecule has 1 amide bonds. The topological polar surface area (TPSA) is 124 Å². The van der Waals surface area contributed by atoms with Crippen LogP contribution in [0, 0.1) is 5.92 Å². The van der Waals surface area contributed by atoms with Crippen molar-refractivity contribution in [3.05, 3.63) is 35.7 Å². The summed E-state index contributed by atoms with van der Waals surface area (Å²) in [6.45, 7) is 4.21. The van der Waals surface area contributed by atoms with Gasteiger partial charge >= 0.3 is 5.97 Å². The van der Waals surface area contributed by atoms with Gasteiger partial charge in [0.25, 0.3) is 5.91 Å². The molecule has 1 aromatic heterocycles. The maximum absolute atomic E-state index is 12.7. The molecule has 1 saturated carbocycles. The van der Waals surface area contributed by atoms with Gasteiger partial charge in [0, 0.05) is 38.5 Å². The summed E-state index contributed by atoms with van der Waals surface area (Å²) in [6, 6.07) is 3.63. The molecule has 2 fully saturated rings. The number of carbonyl (C=O) groups is 2. The number of hydroxylamine groups is 1. The van der Waals surface area contributed by atoms with Gasteiger partial charge < -0.3 is 9.84 Å². The van der Waals surface area contributed by atoms with E-state index >= 15 is 0 Å². The largest absolute Gasteiger partial charge is 0.480 e. The molecule has 1 aliphatic carbocycles. The number of amides is 1. The summed E-state index contributed by atoms with van der Waals surface area (Å²) in [4.78, 5) is 30.4. The van der Waals surface area contributed by atoms with Crippen LogP contribution in [-0.4, -0.2) is 70.5 Å². The van der Waals surface area contributed by atoms with Crippen LogP contribution in [0.4, 0.5) is 0 Å². The van der Waals surface area contributed by atoms with E-state index in [-0.39, 0.29) is 5.92 Å². The van der Waals surface area contributed by atoms with E-state index in [0.29, 0.717) is 31.9 Å². The third-order valence-electron chi connectivity index (χ3n) is 6.58. The van der Waals surface area contributed by atoms with Crippen molar-refractivity contribution in [2.75, 3.05) is 32.8 Å². The lowest BCUT2D eigenvalue weighted by Crippen LogP contribution is -2.59. The predicted octanol–water partition coefficient (Wildman–Crippen LogP) is 1.82. The van der Waals surface area contributed by atoms with Crippen molar-refractivity contribution in [3.63, 3.8) is 0 Å². The average Bonchev–Trinajstić information content (AvgIpc) is 2.84. The molecule has 9 nitrogen and oxygen atoms in total. The van der Waals surface area contributed by atoms with Gasteiger partial charge in [0.1, 0.15) is 5.54 Å². The first kappa shape index (κ1) is 24.3. The molecule has 1 atom stereocenters. The summed E-state index contributed by atoms with van der Waals surface area (Å²) >= 11 is 0. The summed E-state index contributed by atoms with van der Waals surface area (Å²) in [5.41, 5.74) is 2.00. The maximum Gasteiger partial charge on any atom is 0.324 e. The predicted molar refractivity (Wildman–Crippen MR) is 119 cm³/mol. The Kier molecular flexibility index (Phi) is 9.16. The SMILES string of the molecule is O=C(C=Cc1ccc(CN[C@](CCN2CCOCC2)(C(=O)O)C2CCCCC2)cn1)NO. The molecule has 1 aliphatic heterocycles. The highest BCUT2D eigenvalue weighted by Gasteiger charge is 2.45. The second kappa shape index (κ2) is 12.1. The highest BCUT2D eigenvalue weighted by molar-refractivity contribution is 5.90. The quantitative estimate of drug-likeness (QED) is 0.244. The molecular formula is C23H34N4O5. The zero-order chi connectivity index (χ0) is 22.8. The van der Waals surface area contributed by atoms with Crippen molar-refractivity contribution in [3.8, 4) is 0 Å². The Morgan fingerprint density at radius 1 is 1.22 bits per heavy atom.